The normalized spacial score (nSPS) is 18.9. The van der Waals surface area contributed by atoms with Crippen molar-refractivity contribution in [2.24, 2.45) is 0 Å². The lowest BCUT2D eigenvalue weighted by atomic mass is 9.92. The molecular weight excluding hydrogens is 394 g/mol. The van der Waals surface area contributed by atoms with Crippen molar-refractivity contribution < 1.29 is 27.5 Å². The van der Waals surface area contributed by atoms with E-state index in [1.54, 1.807) is 12.1 Å². The van der Waals surface area contributed by atoms with Gasteiger partial charge in [-0.1, -0.05) is 12.1 Å². The molecule has 0 spiro atoms. The third-order valence-electron chi connectivity index (χ3n) is 4.06. The molecule has 148 valence electrons. The number of alkyl halides is 2. The highest BCUT2D eigenvalue weighted by Gasteiger charge is 2.49. The highest BCUT2D eigenvalue weighted by molar-refractivity contribution is 7.80. The number of amides is 3. The quantitative estimate of drug-likeness (QED) is 0.496. The molecule has 0 saturated carbocycles. The highest BCUT2D eigenvalue weighted by Crippen LogP contribution is 2.29. The van der Waals surface area contributed by atoms with E-state index in [0.717, 1.165) is 5.01 Å². The Morgan fingerprint density at radius 1 is 1.32 bits per heavy atom. The van der Waals surface area contributed by atoms with Gasteiger partial charge in [0.2, 0.25) is 0 Å². The summed E-state index contributed by atoms with van der Waals surface area (Å²) in [6.07, 6.45) is 1.51. The molecule has 0 bridgehead atoms. The third-order valence-corrected chi connectivity index (χ3v) is 4.30. The van der Waals surface area contributed by atoms with Crippen LogP contribution in [0.4, 0.5) is 13.6 Å². The van der Waals surface area contributed by atoms with Crippen LogP contribution in [0.2, 0.25) is 0 Å². The first kappa shape index (κ1) is 19.5. The predicted octanol–water partition coefficient (Wildman–Crippen LogP) is 2.23. The van der Waals surface area contributed by atoms with E-state index in [-0.39, 0.29) is 17.4 Å². The minimum Gasteiger partial charge on any atom is -0.467 e. The van der Waals surface area contributed by atoms with Gasteiger partial charge in [0.05, 0.1) is 12.8 Å². The number of thiocarbonyl (C=S) groups is 1. The molecule has 2 heterocycles. The van der Waals surface area contributed by atoms with Gasteiger partial charge in [-0.05, 0) is 49.0 Å². The van der Waals surface area contributed by atoms with Gasteiger partial charge in [-0.3, -0.25) is 10.2 Å². The Bertz CT molecular complexity index is 876. The number of carbonyl (C=O) groups excluding carboxylic acids is 2. The van der Waals surface area contributed by atoms with Crippen molar-refractivity contribution in [3.8, 4) is 5.75 Å². The Hall–Kier alpha value is -3.21. The number of nitrogens with one attached hydrogen (secondary N) is 3. The third kappa shape index (κ3) is 4.03. The molecule has 1 aromatic carbocycles. The van der Waals surface area contributed by atoms with Gasteiger partial charge in [0, 0.05) is 0 Å². The van der Waals surface area contributed by atoms with E-state index in [4.69, 9.17) is 16.6 Å². The molecule has 3 rings (SSSR count). The molecule has 1 aliphatic rings. The fourth-order valence-electron chi connectivity index (χ4n) is 2.63. The number of hydrazine groups is 1. The summed E-state index contributed by atoms with van der Waals surface area (Å²) >= 11 is 5.09. The molecule has 1 aliphatic heterocycles. The number of ether oxygens (including phenoxy) is 1. The number of urea groups is 1. The van der Waals surface area contributed by atoms with Gasteiger partial charge < -0.3 is 19.8 Å². The molecule has 0 unspecified atom stereocenters. The fourth-order valence-corrected chi connectivity index (χ4v) is 2.79. The number of hydrogen-bond acceptors (Lipinski definition) is 5. The molecule has 0 aliphatic carbocycles. The maximum Gasteiger partial charge on any atom is 0.387 e. The number of rotatable bonds is 6. The molecule has 1 aromatic heterocycles. The monoisotopic (exact) mass is 410 g/mol. The highest BCUT2D eigenvalue weighted by atomic mass is 32.1. The maximum absolute atomic E-state index is 12.8. The molecule has 1 atom stereocenters. The number of benzene rings is 1. The van der Waals surface area contributed by atoms with Crippen molar-refractivity contribution in [1.29, 1.82) is 0 Å². The van der Waals surface area contributed by atoms with Crippen molar-refractivity contribution in [3.05, 3.63) is 54.0 Å². The molecule has 2 aromatic rings. The second-order valence-electron chi connectivity index (χ2n) is 5.97. The lowest BCUT2D eigenvalue weighted by Gasteiger charge is -2.23. The van der Waals surface area contributed by atoms with Crippen LogP contribution in [-0.2, 0) is 16.9 Å². The Morgan fingerprint density at radius 3 is 2.64 bits per heavy atom. The topological polar surface area (TPSA) is 95.8 Å². The van der Waals surface area contributed by atoms with Crippen LogP contribution in [0.15, 0.2) is 47.1 Å². The first-order chi connectivity index (χ1) is 13.3. The minimum absolute atomic E-state index is 0.0461. The van der Waals surface area contributed by atoms with Crippen LogP contribution in [0, 0.1) is 0 Å². The zero-order valence-electron chi connectivity index (χ0n) is 14.6. The molecule has 0 radical (unpaired) electrons. The number of imide groups is 1. The summed E-state index contributed by atoms with van der Waals surface area (Å²) in [6.45, 7) is -1.19. The Balaban J connectivity index is 1.67. The first-order valence-electron chi connectivity index (χ1n) is 8.08. The molecule has 3 N–H and O–H groups in total. The fraction of sp³-hybridized carbons (Fsp3) is 0.235. The lowest BCUT2D eigenvalue weighted by molar-refractivity contribution is -0.132. The summed E-state index contributed by atoms with van der Waals surface area (Å²) in [6, 6.07) is 8.17. The first-order valence-corrected chi connectivity index (χ1v) is 8.49. The van der Waals surface area contributed by atoms with Crippen molar-refractivity contribution in [2.75, 3.05) is 0 Å². The van der Waals surface area contributed by atoms with Gasteiger partial charge in [0.1, 0.15) is 17.0 Å². The Kier molecular flexibility index (Phi) is 5.45. The Morgan fingerprint density at radius 2 is 2.04 bits per heavy atom. The van der Waals surface area contributed by atoms with E-state index in [1.165, 1.54) is 37.5 Å². The number of carbonyl (C=O) groups is 2. The van der Waals surface area contributed by atoms with E-state index >= 15 is 0 Å². The SMILES string of the molecule is C[C@@]1(c2ccc(OC(F)F)cc2)NC(=O)N(NC(=S)NCc2ccco2)C1=O. The second-order valence-corrected chi connectivity index (χ2v) is 6.38. The Labute approximate surface area is 163 Å². The molecule has 8 nitrogen and oxygen atoms in total. The summed E-state index contributed by atoms with van der Waals surface area (Å²) in [5.41, 5.74) is 1.53. The zero-order chi connectivity index (χ0) is 20.3. The van der Waals surface area contributed by atoms with Crippen molar-refractivity contribution in [1.82, 2.24) is 21.1 Å². The number of hydrogen-bond donors (Lipinski definition) is 3. The van der Waals surface area contributed by atoms with Crippen LogP contribution in [0.5, 0.6) is 5.75 Å². The second kappa shape index (κ2) is 7.80. The molecular formula is C17H16F2N4O4S. The standard InChI is InChI=1S/C17H16F2N4O4S/c1-17(10-4-6-11(7-5-10)27-14(18)19)13(24)23(16(25)21-17)22-15(28)20-9-12-3-2-8-26-12/h2-8,14H,9H2,1H3,(H,21,25)(H2,20,22,28)/t17-/m0/s1. The number of halogens is 2. The van der Waals surface area contributed by atoms with Gasteiger partial charge >= 0.3 is 12.6 Å². The van der Waals surface area contributed by atoms with E-state index < -0.39 is 24.1 Å². The summed E-state index contributed by atoms with van der Waals surface area (Å²) in [7, 11) is 0. The number of nitrogens with zero attached hydrogens (tertiary/aromatic N) is 1. The smallest absolute Gasteiger partial charge is 0.387 e. The molecule has 28 heavy (non-hydrogen) atoms. The van der Waals surface area contributed by atoms with Gasteiger partial charge in [-0.15, -0.1) is 0 Å². The average molecular weight is 410 g/mol. The van der Waals surface area contributed by atoms with Gasteiger partial charge in [0.15, 0.2) is 5.11 Å². The van der Waals surface area contributed by atoms with Crippen molar-refractivity contribution >= 4 is 29.3 Å². The summed E-state index contributed by atoms with van der Waals surface area (Å²) in [4.78, 5) is 25.0. The predicted molar refractivity (Wildman–Crippen MR) is 97.1 cm³/mol. The van der Waals surface area contributed by atoms with Crippen LogP contribution in [0.1, 0.15) is 18.2 Å². The van der Waals surface area contributed by atoms with Crippen LogP contribution >= 0.6 is 12.2 Å². The minimum atomic E-state index is -2.95. The van der Waals surface area contributed by atoms with Crippen LogP contribution in [0.25, 0.3) is 0 Å². The summed E-state index contributed by atoms with van der Waals surface area (Å²) in [5, 5.41) is 6.17. The van der Waals surface area contributed by atoms with Gasteiger partial charge in [-0.2, -0.15) is 13.8 Å². The lowest BCUT2D eigenvalue weighted by Crippen LogP contribution is -2.51. The number of furan rings is 1. The van der Waals surface area contributed by atoms with Gasteiger partial charge in [-0.25, -0.2) is 4.79 Å². The van der Waals surface area contributed by atoms with Crippen LogP contribution in [-0.4, -0.2) is 28.7 Å². The largest absolute Gasteiger partial charge is 0.467 e. The van der Waals surface area contributed by atoms with Crippen molar-refractivity contribution in [2.45, 2.75) is 25.6 Å². The maximum atomic E-state index is 12.8. The zero-order valence-corrected chi connectivity index (χ0v) is 15.4. The van der Waals surface area contributed by atoms with Crippen LogP contribution in [0.3, 0.4) is 0 Å². The van der Waals surface area contributed by atoms with Crippen LogP contribution < -0.4 is 20.8 Å². The summed E-state index contributed by atoms with van der Waals surface area (Å²) < 4.78 is 34.0. The van der Waals surface area contributed by atoms with Gasteiger partial charge in [0.25, 0.3) is 5.91 Å². The van der Waals surface area contributed by atoms with E-state index in [1.807, 2.05) is 0 Å². The van der Waals surface area contributed by atoms with E-state index in [2.05, 4.69) is 20.8 Å². The molecule has 3 amide bonds. The molecule has 11 heteroatoms. The molecule has 1 fully saturated rings. The molecule has 1 saturated heterocycles. The van der Waals surface area contributed by atoms with E-state index in [9.17, 15) is 18.4 Å². The average Bonchev–Trinajstić information content (AvgIpc) is 3.23. The van der Waals surface area contributed by atoms with Crippen molar-refractivity contribution in [3.63, 3.8) is 0 Å². The van der Waals surface area contributed by atoms with E-state index in [0.29, 0.717) is 11.3 Å². The summed E-state index contributed by atoms with van der Waals surface area (Å²) in [5.74, 6) is -0.0446.